The van der Waals surface area contributed by atoms with Gasteiger partial charge in [0.25, 0.3) is 0 Å². The molecule has 0 amide bonds. The van der Waals surface area contributed by atoms with E-state index in [1.165, 1.54) is 0 Å². The largest absolute Gasteiger partial charge is 0.466 e. The molecule has 2 atom stereocenters. The van der Waals surface area contributed by atoms with Gasteiger partial charge >= 0.3 is 11.9 Å². The molecule has 0 radical (unpaired) electrons. The van der Waals surface area contributed by atoms with Crippen LogP contribution >= 0.6 is 0 Å². The minimum Gasteiger partial charge on any atom is -0.466 e. The van der Waals surface area contributed by atoms with Gasteiger partial charge in [-0.3, -0.25) is 14.4 Å². The zero-order valence-corrected chi connectivity index (χ0v) is 10.9. The van der Waals surface area contributed by atoms with E-state index < -0.39 is 11.9 Å². The van der Waals surface area contributed by atoms with E-state index in [-0.39, 0.29) is 30.7 Å². The molecule has 0 N–H and O–H groups in total. The van der Waals surface area contributed by atoms with Crippen molar-refractivity contribution in [3.8, 4) is 0 Å². The van der Waals surface area contributed by atoms with Gasteiger partial charge < -0.3 is 9.47 Å². The van der Waals surface area contributed by atoms with Crippen molar-refractivity contribution < 1.29 is 23.9 Å². The van der Waals surface area contributed by atoms with E-state index in [1.807, 2.05) is 0 Å². The standard InChI is InChI=1S/C13H20O5/c1-3-17-12(15)9-5-7-10(11(14)8-6-9)13(16)18-4-2/h9-10H,3-8H2,1-2H3. The summed E-state index contributed by atoms with van der Waals surface area (Å²) in [4.78, 5) is 35.0. The molecule has 1 fully saturated rings. The maximum atomic E-state index is 11.8. The third-order valence-corrected chi connectivity index (χ3v) is 3.12. The van der Waals surface area contributed by atoms with Gasteiger partial charge in [0.05, 0.1) is 19.1 Å². The predicted molar refractivity (Wildman–Crippen MR) is 63.7 cm³/mol. The Balaban J connectivity index is 2.60. The second-order valence-corrected chi connectivity index (χ2v) is 4.34. The van der Waals surface area contributed by atoms with E-state index in [4.69, 9.17) is 9.47 Å². The third-order valence-electron chi connectivity index (χ3n) is 3.12. The summed E-state index contributed by atoms with van der Waals surface area (Å²) in [5, 5.41) is 0. The molecular weight excluding hydrogens is 236 g/mol. The number of ether oxygens (including phenoxy) is 2. The molecular formula is C13H20O5. The molecule has 0 aliphatic heterocycles. The van der Waals surface area contributed by atoms with E-state index >= 15 is 0 Å². The molecule has 1 aliphatic rings. The van der Waals surface area contributed by atoms with Crippen molar-refractivity contribution in [2.75, 3.05) is 13.2 Å². The average molecular weight is 256 g/mol. The first-order chi connectivity index (χ1) is 8.60. The summed E-state index contributed by atoms with van der Waals surface area (Å²) >= 11 is 0. The molecule has 1 rings (SSSR count). The van der Waals surface area contributed by atoms with Gasteiger partial charge in [-0.2, -0.15) is 0 Å². The zero-order valence-electron chi connectivity index (χ0n) is 10.9. The molecule has 18 heavy (non-hydrogen) atoms. The van der Waals surface area contributed by atoms with Crippen LogP contribution in [-0.2, 0) is 23.9 Å². The second kappa shape index (κ2) is 7.13. The molecule has 5 heteroatoms. The fourth-order valence-electron chi connectivity index (χ4n) is 2.15. The van der Waals surface area contributed by atoms with Crippen LogP contribution in [0, 0.1) is 11.8 Å². The van der Waals surface area contributed by atoms with Crippen molar-refractivity contribution in [1.29, 1.82) is 0 Å². The van der Waals surface area contributed by atoms with Crippen LogP contribution < -0.4 is 0 Å². The maximum absolute atomic E-state index is 11.8. The lowest BCUT2D eigenvalue weighted by atomic mass is 9.98. The number of hydrogen-bond acceptors (Lipinski definition) is 5. The van der Waals surface area contributed by atoms with E-state index in [0.29, 0.717) is 25.9 Å². The summed E-state index contributed by atoms with van der Waals surface area (Å²) in [6.45, 7) is 4.07. The highest BCUT2D eigenvalue weighted by atomic mass is 16.5. The maximum Gasteiger partial charge on any atom is 0.316 e. The number of carbonyl (C=O) groups is 3. The summed E-state index contributed by atoms with van der Waals surface area (Å²) in [6, 6.07) is 0. The lowest BCUT2D eigenvalue weighted by Crippen LogP contribution is -2.25. The highest BCUT2D eigenvalue weighted by molar-refractivity contribution is 5.99. The summed E-state index contributed by atoms with van der Waals surface area (Å²) in [6.07, 6.45) is 1.59. The lowest BCUT2D eigenvalue weighted by Gasteiger charge is -2.12. The Morgan fingerprint density at radius 3 is 2.28 bits per heavy atom. The average Bonchev–Trinajstić information content (AvgIpc) is 2.52. The Kier molecular flexibility index (Phi) is 5.82. The first-order valence-corrected chi connectivity index (χ1v) is 6.46. The Labute approximate surface area is 107 Å². The number of esters is 2. The van der Waals surface area contributed by atoms with Crippen molar-refractivity contribution in [2.24, 2.45) is 11.8 Å². The molecule has 0 aromatic carbocycles. The number of carbonyl (C=O) groups excluding carboxylic acids is 3. The first kappa shape index (κ1) is 14.7. The first-order valence-electron chi connectivity index (χ1n) is 6.46. The molecule has 102 valence electrons. The van der Waals surface area contributed by atoms with Crippen LogP contribution in [0.25, 0.3) is 0 Å². The predicted octanol–water partition coefficient (Wildman–Crippen LogP) is 1.49. The summed E-state index contributed by atoms with van der Waals surface area (Å²) in [5.74, 6) is -1.83. The molecule has 0 saturated heterocycles. The highest BCUT2D eigenvalue weighted by Crippen LogP contribution is 2.26. The van der Waals surface area contributed by atoms with Crippen molar-refractivity contribution in [3.05, 3.63) is 0 Å². The smallest absolute Gasteiger partial charge is 0.316 e. The summed E-state index contributed by atoms with van der Waals surface area (Å²) in [7, 11) is 0. The van der Waals surface area contributed by atoms with Gasteiger partial charge in [0, 0.05) is 6.42 Å². The minimum absolute atomic E-state index is 0.125. The van der Waals surface area contributed by atoms with E-state index in [9.17, 15) is 14.4 Å². The minimum atomic E-state index is -0.704. The van der Waals surface area contributed by atoms with Gasteiger partial charge in [0.15, 0.2) is 0 Å². The Hall–Kier alpha value is -1.39. The molecule has 0 aromatic rings. The Morgan fingerprint density at radius 1 is 1.06 bits per heavy atom. The van der Waals surface area contributed by atoms with Crippen LogP contribution in [0.3, 0.4) is 0 Å². The van der Waals surface area contributed by atoms with Gasteiger partial charge in [-0.25, -0.2) is 0 Å². The summed E-state index contributed by atoms with van der Waals surface area (Å²) in [5.41, 5.74) is 0. The van der Waals surface area contributed by atoms with Gasteiger partial charge in [-0.1, -0.05) is 0 Å². The molecule has 1 saturated carbocycles. The van der Waals surface area contributed by atoms with E-state index in [0.717, 1.165) is 0 Å². The van der Waals surface area contributed by atoms with Gasteiger partial charge in [0.1, 0.15) is 11.7 Å². The van der Waals surface area contributed by atoms with Crippen LogP contribution in [0.5, 0.6) is 0 Å². The highest BCUT2D eigenvalue weighted by Gasteiger charge is 2.34. The Bertz CT molecular complexity index is 323. The van der Waals surface area contributed by atoms with Crippen LogP contribution in [0.2, 0.25) is 0 Å². The van der Waals surface area contributed by atoms with Crippen LogP contribution in [0.1, 0.15) is 39.5 Å². The fraction of sp³-hybridized carbons (Fsp3) is 0.769. The number of Topliss-reactive ketones (excluding diaryl/α,β-unsaturated/α-hetero) is 1. The van der Waals surface area contributed by atoms with Gasteiger partial charge in [-0.15, -0.1) is 0 Å². The molecule has 0 aromatic heterocycles. The quantitative estimate of drug-likeness (QED) is 0.433. The molecule has 0 bridgehead atoms. The van der Waals surface area contributed by atoms with Crippen molar-refractivity contribution in [1.82, 2.24) is 0 Å². The Morgan fingerprint density at radius 2 is 1.67 bits per heavy atom. The number of rotatable bonds is 4. The van der Waals surface area contributed by atoms with Crippen molar-refractivity contribution >= 4 is 17.7 Å². The lowest BCUT2D eigenvalue weighted by molar-refractivity contribution is -0.152. The molecule has 1 aliphatic carbocycles. The van der Waals surface area contributed by atoms with Crippen LogP contribution in [0.15, 0.2) is 0 Å². The molecule has 0 spiro atoms. The van der Waals surface area contributed by atoms with E-state index in [1.54, 1.807) is 13.8 Å². The van der Waals surface area contributed by atoms with E-state index in [2.05, 4.69) is 0 Å². The molecule has 0 heterocycles. The van der Waals surface area contributed by atoms with Crippen LogP contribution in [0.4, 0.5) is 0 Å². The second-order valence-electron chi connectivity index (χ2n) is 4.34. The zero-order chi connectivity index (χ0) is 13.5. The number of hydrogen-bond donors (Lipinski definition) is 0. The summed E-state index contributed by atoms with van der Waals surface area (Å²) < 4.78 is 9.82. The van der Waals surface area contributed by atoms with Crippen LogP contribution in [-0.4, -0.2) is 30.9 Å². The molecule has 5 nitrogen and oxygen atoms in total. The van der Waals surface area contributed by atoms with Gasteiger partial charge in [0.2, 0.25) is 0 Å². The fourth-order valence-corrected chi connectivity index (χ4v) is 2.15. The molecule has 2 unspecified atom stereocenters. The van der Waals surface area contributed by atoms with Crippen molar-refractivity contribution in [2.45, 2.75) is 39.5 Å². The normalized spacial score (nSPS) is 24.2. The third kappa shape index (κ3) is 3.82. The van der Waals surface area contributed by atoms with Gasteiger partial charge in [-0.05, 0) is 33.1 Å². The SMILES string of the molecule is CCOC(=O)C1CCC(=O)C(C(=O)OCC)CC1. The number of ketones is 1. The van der Waals surface area contributed by atoms with Crippen molar-refractivity contribution in [3.63, 3.8) is 0 Å². The monoisotopic (exact) mass is 256 g/mol. The topological polar surface area (TPSA) is 69.7 Å².